The van der Waals surface area contributed by atoms with Gasteiger partial charge >= 0.3 is 0 Å². The van der Waals surface area contributed by atoms with Gasteiger partial charge < -0.3 is 0 Å². The zero-order valence-corrected chi connectivity index (χ0v) is 80.2. The first-order valence-corrected chi connectivity index (χ1v) is 52.7. The molecule has 0 aliphatic heterocycles. The molecule has 20 aromatic carbocycles. The van der Waals surface area contributed by atoms with Gasteiger partial charge in [0.25, 0.3) is 0 Å². The van der Waals surface area contributed by atoms with E-state index in [1.165, 1.54) is 191 Å². The standard InChI is InChI=1S/C130H74N2S7/c1-3-19-76(20-4-1)113-69-92(91-59-94(97-28-17-30-106-99-23-7-15-35-120(99)138-129(97)106)63-95(60-91)98-29-18-31-107-100-24-8-16-36-121(100)139-130(98)107)71-115(131-113)78-39-37-75(38-40-78)79-43-50-125-111(64-79)104-48-41-84(73-127(104)136-125)85-42-49-105-112-68-83(47-54-126(112)137-128(105)74-85)89-56-88(82-46-53-124-110(67-82)103-27-11-14-34-119(103)135-124)61-96(62-89)116-72-93(70-114(132-116)77-21-5-2-6-22-77)90-57-86(80-44-51-122-108(65-80)101-25-9-12-32-117(101)133-122)55-87(58-90)81-45-52-123-109(66-81)102-26-10-13-33-118(102)134-123/h1-74H. The molecule has 0 saturated carbocycles. The first-order chi connectivity index (χ1) is 68.7. The molecule has 646 valence electrons. The van der Waals surface area contributed by atoms with Crippen LogP contribution in [0.5, 0.6) is 0 Å². The summed E-state index contributed by atoms with van der Waals surface area (Å²) in [6, 6.07) is 169. The number of nitrogens with zero attached hydrogens (tertiary/aromatic N) is 2. The Bertz CT molecular complexity index is 9920. The molecule has 0 bridgehead atoms. The van der Waals surface area contributed by atoms with Crippen LogP contribution < -0.4 is 0 Å². The summed E-state index contributed by atoms with van der Waals surface area (Å²) in [6.07, 6.45) is 0. The molecule has 9 aromatic heterocycles. The van der Waals surface area contributed by atoms with Crippen LogP contribution in [0.4, 0.5) is 0 Å². The van der Waals surface area contributed by atoms with Crippen LogP contribution in [0.15, 0.2) is 449 Å². The third-order valence-corrected chi connectivity index (χ3v) is 36.4. The highest BCUT2D eigenvalue weighted by Crippen LogP contribution is 2.51. The molecule has 0 atom stereocenters. The lowest BCUT2D eigenvalue weighted by atomic mass is 9.90. The molecule has 0 fully saturated rings. The van der Waals surface area contributed by atoms with E-state index in [1.54, 1.807) is 0 Å². The number of hydrogen-bond acceptors (Lipinski definition) is 9. The molecule has 0 radical (unpaired) electrons. The van der Waals surface area contributed by atoms with Gasteiger partial charge in [-0.25, -0.2) is 9.97 Å². The monoisotopic (exact) mass is 1890 g/mol. The summed E-state index contributed by atoms with van der Waals surface area (Å²) in [6.45, 7) is 0. The summed E-state index contributed by atoms with van der Waals surface area (Å²) in [5.74, 6) is 0. The predicted octanol–water partition coefficient (Wildman–Crippen LogP) is 40.4. The van der Waals surface area contributed by atoms with Crippen LogP contribution in [-0.2, 0) is 0 Å². The third kappa shape index (κ3) is 13.9. The lowest BCUT2D eigenvalue weighted by molar-refractivity contribution is 1.32. The smallest absolute Gasteiger partial charge is 0.0716 e. The minimum absolute atomic E-state index is 0.902. The van der Waals surface area contributed by atoms with Crippen molar-refractivity contribution in [2.45, 2.75) is 0 Å². The van der Waals surface area contributed by atoms with Crippen LogP contribution in [0.2, 0.25) is 0 Å². The normalized spacial score (nSPS) is 12.0. The van der Waals surface area contributed by atoms with Gasteiger partial charge in [0, 0.05) is 163 Å². The van der Waals surface area contributed by atoms with Gasteiger partial charge in [0.15, 0.2) is 0 Å². The van der Waals surface area contributed by atoms with Crippen molar-refractivity contribution >= 4 is 221 Å². The second kappa shape index (κ2) is 32.5. The Hall–Kier alpha value is -15.8. The zero-order valence-electron chi connectivity index (χ0n) is 74.5. The van der Waals surface area contributed by atoms with E-state index in [1.807, 2.05) is 79.4 Å². The van der Waals surface area contributed by atoms with Crippen LogP contribution in [0.3, 0.4) is 0 Å². The number of fused-ring (bicyclic) bond motifs is 21. The highest BCUT2D eigenvalue weighted by molar-refractivity contribution is 7.28. The van der Waals surface area contributed by atoms with Gasteiger partial charge in [0.2, 0.25) is 0 Å². The second-order valence-electron chi connectivity index (χ2n) is 36.5. The van der Waals surface area contributed by atoms with E-state index in [9.17, 15) is 0 Å². The van der Waals surface area contributed by atoms with E-state index in [4.69, 9.17) is 9.97 Å². The number of hydrogen-bond donors (Lipinski definition) is 0. The summed E-state index contributed by atoms with van der Waals surface area (Å²) < 4.78 is 18.0. The zero-order chi connectivity index (χ0) is 91.0. The quantitative estimate of drug-likeness (QED) is 0.108. The molecule has 0 spiro atoms. The van der Waals surface area contributed by atoms with Crippen LogP contribution >= 0.6 is 79.4 Å². The highest BCUT2D eigenvalue weighted by atomic mass is 32.1. The molecule has 0 unspecified atom stereocenters. The Morgan fingerprint density at radius 1 is 0.108 bits per heavy atom. The minimum atomic E-state index is 0.902. The predicted molar refractivity (Wildman–Crippen MR) is 608 cm³/mol. The fourth-order valence-electron chi connectivity index (χ4n) is 21.3. The average Bonchev–Trinajstić information content (AvgIpc) is 1.57. The van der Waals surface area contributed by atoms with Crippen molar-refractivity contribution in [1.29, 1.82) is 0 Å². The number of pyridine rings is 2. The van der Waals surface area contributed by atoms with E-state index in [0.717, 1.165) is 106 Å². The molecule has 139 heavy (non-hydrogen) atoms. The van der Waals surface area contributed by atoms with Crippen molar-refractivity contribution in [1.82, 2.24) is 9.97 Å². The first kappa shape index (κ1) is 80.5. The highest BCUT2D eigenvalue weighted by Gasteiger charge is 2.24. The maximum Gasteiger partial charge on any atom is 0.0716 e. The molecule has 9 heteroatoms. The van der Waals surface area contributed by atoms with Crippen LogP contribution in [0.25, 0.3) is 298 Å². The first-order valence-electron chi connectivity index (χ1n) is 46.9. The van der Waals surface area contributed by atoms with E-state index < -0.39 is 0 Å². The Labute approximate surface area is 828 Å². The minimum Gasteiger partial charge on any atom is -0.248 e. The van der Waals surface area contributed by atoms with E-state index in [-0.39, 0.29) is 0 Å². The molecular formula is C130H74N2S7. The molecule has 9 heterocycles. The molecule has 29 rings (SSSR count). The van der Waals surface area contributed by atoms with Crippen molar-refractivity contribution in [3.05, 3.63) is 449 Å². The lowest BCUT2D eigenvalue weighted by Crippen LogP contribution is -1.94. The lowest BCUT2D eigenvalue weighted by Gasteiger charge is -2.16. The van der Waals surface area contributed by atoms with Crippen LogP contribution in [-0.4, -0.2) is 9.97 Å². The summed E-state index contributed by atoms with van der Waals surface area (Å²) in [4.78, 5) is 11.3. The Balaban J connectivity index is 0.505. The van der Waals surface area contributed by atoms with E-state index in [2.05, 4.69) is 449 Å². The number of thiophene rings is 7. The second-order valence-corrected chi connectivity index (χ2v) is 44.0. The fraction of sp³-hybridized carbons (Fsp3) is 0. The Morgan fingerprint density at radius 2 is 0.331 bits per heavy atom. The molecule has 0 N–H and O–H groups in total. The van der Waals surface area contributed by atoms with E-state index >= 15 is 0 Å². The topological polar surface area (TPSA) is 25.8 Å². The van der Waals surface area contributed by atoms with Gasteiger partial charge in [0.05, 0.1) is 22.8 Å². The molecular weight excluding hydrogens is 1810 g/mol. The SMILES string of the molecule is c1ccc(-c2cc(-c3cc(-c4cccc5c4sc4ccccc45)cc(-c4cccc5c4sc4ccccc45)c3)cc(-c3ccc(-c4ccc5sc6cc(-c7ccc8c(c7)sc7ccc(-c9cc(-c%10ccc%11sc%12ccccc%12c%11c%10)cc(-c%10cc(-c%11cc(-c%12ccc%13sc%14ccccc%14c%13c%12)cc(-c%12ccc%13sc%14ccccc%14c%13c%12)c%11)cc(-c%11ccccc%11)n%10)c9)cc78)ccc6c5c4)cc3)n2)cc1. The van der Waals surface area contributed by atoms with Crippen molar-refractivity contribution < 1.29 is 0 Å². The van der Waals surface area contributed by atoms with Crippen molar-refractivity contribution in [2.75, 3.05) is 0 Å². The third-order valence-electron chi connectivity index (χ3n) is 28.2. The maximum atomic E-state index is 5.75. The largest absolute Gasteiger partial charge is 0.248 e. The number of rotatable bonds is 14. The molecule has 2 nitrogen and oxygen atoms in total. The van der Waals surface area contributed by atoms with Gasteiger partial charge in [-0.15, -0.1) is 79.4 Å². The van der Waals surface area contributed by atoms with Crippen molar-refractivity contribution in [2.24, 2.45) is 0 Å². The average molecular weight is 1890 g/mol. The van der Waals surface area contributed by atoms with Crippen LogP contribution in [0, 0.1) is 0 Å². The Kier molecular flexibility index (Phi) is 18.8. The van der Waals surface area contributed by atoms with Gasteiger partial charge in [-0.1, -0.05) is 267 Å². The fourth-order valence-corrected chi connectivity index (χ4v) is 29.3. The number of benzene rings is 20. The summed E-state index contributed by atoms with van der Waals surface area (Å²) >= 11 is 13.1. The van der Waals surface area contributed by atoms with Crippen molar-refractivity contribution in [3.63, 3.8) is 0 Å². The summed E-state index contributed by atoms with van der Waals surface area (Å²) in [5, 5.41) is 17.9. The maximum absolute atomic E-state index is 5.75. The van der Waals surface area contributed by atoms with Crippen molar-refractivity contribution in [3.8, 4) is 156 Å². The number of aromatic nitrogens is 2. The van der Waals surface area contributed by atoms with Gasteiger partial charge in [-0.3, -0.25) is 0 Å². The summed E-state index contributed by atoms with van der Waals surface area (Å²) in [7, 11) is 0. The molecule has 0 aliphatic carbocycles. The molecule has 0 amide bonds. The molecule has 0 aliphatic rings. The van der Waals surface area contributed by atoms with Gasteiger partial charge in [-0.2, -0.15) is 0 Å². The van der Waals surface area contributed by atoms with Gasteiger partial charge in [0.1, 0.15) is 0 Å². The van der Waals surface area contributed by atoms with E-state index in [0.29, 0.717) is 0 Å². The van der Waals surface area contributed by atoms with Crippen LogP contribution in [0.1, 0.15) is 0 Å². The Morgan fingerprint density at radius 3 is 0.698 bits per heavy atom. The van der Waals surface area contributed by atoms with Gasteiger partial charge in [-0.05, 0) is 293 Å². The molecule has 0 saturated heterocycles. The molecule has 29 aromatic rings. The summed E-state index contributed by atoms with van der Waals surface area (Å²) in [5.41, 5.74) is 31.2.